The normalized spacial score (nSPS) is 10.8. The standard InChI is InChI=1S/C25H23FN4O3S/c1-3-33-24(32)22-17(2)34-25(27-22)29(14-12-18-8-5-4-6-9-18)23(31)21-13-15-30(28-21)20-11-7-10-19(26)16-20/h4-11,13,15-16H,3,12,14H2,1-2H3. The van der Waals surface area contributed by atoms with Crippen molar-refractivity contribution < 1.29 is 18.7 Å². The molecule has 0 unspecified atom stereocenters. The Kier molecular flexibility index (Phi) is 7.12. The number of hydrogen-bond donors (Lipinski definition) is 0. The third-order valence-electron chi connectivity index (χ3n) is 5.08. The molecule has 4 rings (SSSR count). The number of thiazole rings is 1. The van der Waals surface area contributed by atoms with Crippen LogP contribution in [0.15, 0.2) is 66.9 Å². The molecule has 0 atom stereocenters. The average molecular weight is 479 g/mol. The number of aromatic nitrogens is 3. The van der Waals surface area contributed by atoms with E-state index in [0.29, 0.717) is 28.7 Å². The van der Waals surface area contributed by atoms with Crippen molar-refractivity contribution >= 4 is 28.3 Å². The molecule has 0 N–H and O–H groups in total. The molecule has 34 heavy (non-hydrogen) atoms. The summed E-state index contributed by atoms with van der Waals surface area (Å²) in [5.74, 6) is -1.28. The van der Waals surface area contributed by atoms with Crippen molar-refractivity contribution in [1.29, 1.82) is 0 Å². The quantitative estimate of drug-likeness (QED) is 0.339. The second-order valence-electron chi connectivity index (χ2n) is 7.44. The molecule has 2 heterocycles. The molecule has 2 aromatic carbocycles. The van der Waals surface area contributed by atoms with Gasteiger partial charge in [0.25, 0.3) is 5.91 Å². The van der Waals surface area contributed by atoms with Gasteiger partial charge in [0, 0.05) is 17.6 Å². The van der Waals surface area contributed by atoms with E-state index >= 15 is 0 Å². The van der Waals surface area contributed by atoms with Gasteiger partial charge < -0.3 is 4.74 Å². The van der Waals surface area contributed by atoms with Crippen LogP contribution < -0.4 is 4.90 Å². The lowest BCUT2D eigenvalue weighted by Crippen LogP contribution is -2.33. The zero-order valence-electron chi connectivity index (χ0n) is 18.8. The van der Waals surface area contributed by atoms with E-state index in [1.165, 1.54) is 33.1 Å². The van der Waals surface area contributed by atoms with Crippen molar-refractivity contribution in [2.45, 2.75) is 20.3 Å². The topological polar surface area (TPSA) is 77.3 Å². The van der Waals surface area contributed by atoms with Gasteiger partial charge in [-0.1, -0.05) is 36.4 Å². The number of hydrogen-bond acceptors (Lipinski definition) is 6. The van der Waals surface area contributed by atoms with Crippen LogP contribution in [0.25, 0.3) is 5.69 Å². The molecule has 0 aliphatic rings. The van der Waals surface area contributed by atoms with Crippen LogP contribution in [0.2, 0.25) is 0 Å². The van der Waals surface area contributed by atoms with Gasteiger partial charge in [-0.25, -0.2) is 18.9 Å². The Morgan fingerprint density at radius 1 is 1.12 bits per heavy atom. The summed E-state index contributed by atoms with van der Waals surface area (Å²) in [6.45, 7) is 4.07. The van der Waals surface area contributed by atoms with Gasteiger partial charge in [0.1, 0.15) is 5.82 Å². The number of ether oxygens (including phenoxy) is 1. The molecule has 0 bridgehead atoms. The number of amides is 1. The molecule has 0 saturated carbocycles. The van der Waals surface area contributed by atoms with Gasteiger partial charge in [-0.15, -0.1) is 11.3 Å². The van der Waals surface area contributed by atoms with Gasteiger partial charge in [0.2, 0.25) is 0 Å². The molecule has 1 amide bonds. The van der Waals surface area contributed by atoms with Gasteiger partial charge in [-0.2, -0.15) is 5.10 Å². The van der Waals surface area contributed by atoms with Gasteiger partial charge in [-0.05, 0) is 50.1 Å². The lowest BCUT2D eigenvalue weighted by atomic mass is 10.1. The molecule has 0 saturated heterocycles. The van der Waals surface area contributed by atoms with Gasteiger partial charge in [-0.3, -0.25) is 9.69 Å². The highest BCUT2D eigenvalue weighted by Crippen LogP contribution is 2.28. The molecule has 9 heteroatoms. The predicted molar refractivity (Wildman–Crippen MR) is 128 cm³/mol. The van der Waals surface area contributed by atoms with Crippen LogP contribution in [0.4, 0.5) is 9.52 Å². The number of carbonyl (C=O) groups is 2. The van der Waals surface area contributed by atoms with E-state index in [1.54, 1.807) is 38.2 Å². The number of esters is 1. The van der Waals surface area contributed by atoms with Crippen molar-refractivity contribution in [2.75, 3.05) is 18.1 Å². The zero-order valence-corrected chi connectivity index (χ0v) is 19.6. The molecule has 2 aromatic heterocycles. The molecule has 0 spiro atoms. The Hall–Kier alpha value is -3.85. The van der Waals surface area contributed by atoms with Crippen molar-refractivity contribution in [3.63, 3.8) is 0 Å². The maximum Gasteiger partial charge on any atom is 0.358 e. The van der Waals surface area contributed by atoms with Crippen molar-refractivity contribution in [3.05, 3.63) is 94.5 Å². The number of benzene rings is 2. The van der Waals surface area contributed by atoms with Gasteiger partial charge >= 0.3 is 5.97 Å². The van der Waals surface area contributed by atoms with E-state index < -0.39 is 11.8 Å². The molecule has 0 fully saturated rings. The van der Waals surface area contributed by atoms with Crippen LogP contribution in [-0.2, 0) is 11.2 Å². The number of anilines is 1. The predicted octanol–water partition coefficient (Wildman–Crippen LogP) is 4.84. The Balaban J connectivity index is 1.65. The van der Waals surface area contributed by atoms with Crippen molar-refractivity contribution in [3.8, 4) is 5.69 Å². The highest BCUT2D eigenvalue weighted by atomic mass is 32.1. The lowest BCUT2D eigenvalue weighted by molar-refractivity contribution is 0.0519. The smallest absolute Gasteiger partial charge is 0.358 e. The fourth-order valence-corrected chi connectivity index (χ4v) is 4.32. The largest absolute Gasteiger partial charge is 0.461 e. The summed E-state index contributed by atoms with van der Waals surface area (Å²) in [5, 5.41) is 4.75. The van der Waals surface area contributed by atoms with E-state index in [1.807, 2.05) is 30.3 Å². The fraction of sp³-hybridized carbons (Fsp3) is 0.200. The SMILES string of the molecule is CCOC(=O)c1nc(N(CCc2ccccc2)C(=O)c2ccn(-c3cccc(F)c3)n2)sc1C. The van der Waals surface area contributed by atoms with Crippen LogP contribution in [0.3, 0.4) is 0 Å². The van der Waals surface area contributed by atoms with Crippen LogP contribution in [-0.4, -0.2) is 39.8 Å². The summed E-state index contributed by atoms with van der Waals surface area (Å²) >= 11 is 1.25. The zero-order chi connectivity index (χ0) is 24.1. The maximum absolute atomic E-state index is 13.6. The Bertz CT molecular complexity index is 1300. The maximum atomic E-state index is 13.6. The van der Waals surface area contributed by atoms with Crippen molar-refractivity contribution in [2.24, 2.45) is 0 Å². The van der Waals surface area contributed by atoms with E-state index in [0.717, 1.165) is 5.56 Å². The molecular weight excluding hydrogens is 455 g/mol. The summed E-state index contributed by atoms with van der Waals surface area (Å²) in [4.78, 5) is 32.4. The number of nitrogens with zero attached hydrogens (tertiary/aromatic N) is 4. The Morgan fingerprint density at radius 3 is 2.65 bits per heavy atom. The molecule has 0 aliphatic carbocycles. The van der Waals surface area contributed by atoms with E-state index in [2.05, 4.69) is 10.1 Å². The molecule has 174 valence electrons. The molecule has 7 nitrogen and oxygen atoms in total. The van der Waals surface area contributed by atoms with Gasteiger partial charge in [0.15, 0.2) is 16.5 Å². The minimum Gasteiger partial charge on any atom is -0.461 e. The Labute approximate surface area is 200 Å². The number of halogens is 1. The van der Waals surface area contributed by atoms with Crippen molar-refractivity contribution in [1.82, 2.24) is 14.8 Å². The summed E-state index contributed by atoms with van der Waals surface area (Å²) in [6, 6.07) is 17.3. The van der Waals surface area contributed by atoms with Crippen LogP contribution in [0, 0.1) is 12.7 Å². The van der Waals surface area contributed by atoms with E-state index in [-0.39, 0.29) is 23.9 Å². The first-order valence-electron chi connectivity index (χ1n) is 10.8. The summed E-state index contributed by atoms with van der Waals surface area (Å²) < 4.78 is 20.2. The fourth-order valence-electron chi connectivity index (χ4n) is 3.40. The average Bonchev–Trinajstić information content (AvgIpc) is 3.47. The van der Waals surface area contributed by atoms with E-state index in [9.17, 15) is 14.0 Å². The molecule has 4 aromatic rings. The summed E-state index contributed by atoms with van der Waals surface area (Å²) in [6.07, 6.45) is 2.19. The number of rotatable bonds is 8. The first-order chi connectivity index (χ1) is 16.5. The van der Waals surface area contributed by atoms with Crippen LogP contribution >= 0.6 is 11.3 Å². The Morgan fingerprint density at radius 2 is 1.91 bits per heavy atom. The highest BCUT2D eigenvalue weighted by Gasteiger charge is 2.26. The second-order valence-corrected chi connectivity index (χ2v) is 8.62. The lowest BCUT2D eigenvalue weighted by Gasteiger charge is -2.19. The third kappa shape index (κ3) is 5.20. The molecular formula is C25H23FN4O3S. The number of carbonyl (C=O) groups excluding carboxylic acids is 2. The first-order valence-corrected chi connectivity index (χ1v) is 11.6. The molecule has 0 aliphatic heterocycles. The second kappa shape index (κ2) is 10.4. The first kappa shape index (κ1) is 23.3. The minimum atomic E-state index is -0.520. The number of aryl methyl sites for hydroxylation is 1. The third-order valence-corrected chi connectivity index (χ3v) is 6.07. The minimum absolute atomic E-state index is 0.183. The summed E-state index contributed by atoms with van der Waals surface area (Å²) in [5.41, 5.74) is 1.95. The van der Waals surface area contributed by atoms with Crippen LogP contribution in [0.1, 0.15) is 38.3 Å². The highest BCUT2D eigenvalue weighted by molar-refractivity contribution is 7.16. The molecule has 0 radical (unpaired) electrons. The summed E-state index contributed by atoms with van der Waals surface area (Å²) in [7, 11) is 0. The van der Waals surface area contributed by atoms with Gasteiger partial charge in [0.05, 0.1) is 12.3 Å². The van der Waals surface area contributed by atoms with E-state index in [4.69, 9.17) is 4.74 Å². The monoisotopic (exact) mass is 478 g/mol. The van der Waals surface area contributed by atoms with Crippen LogP contribution in [0.5, 0.6) is 0 Å².